The monoisotopic (exact) mass is 399 g/mol. The van der Waals surface area contributed by atoms with Crippen molar-refractivity contribution in [2.24, 2.45) is 5.92 Å². The largest absolute Gasteiger partial charge is 0.495 e. The molecule has 0 spiro atoms. The molecule has 0 aromatic heterocycles. The van der Waals surface area contributed by atoms with E-state index >= 15 is 0 Å². The molecule has 3 N–H and O–H groups in total. The second-order valence-corrected chi connectivity index (χ2v) is 7.24. The number of amides is 1. The van der Waals surface area contributed by atoms with Crippen LogP contribution in [0.1, 0.15) is 18.5 Å². The van der Waals surface area contributed by atoms with Crippen molar-refractivity contribution in [2.75, 3.05) is 19.5 Å². The minimum Gasteiger partial charge on any atom is -0.495 e. The number of methoxy groups -OCH3 is 2. The van der Waals surface area contributed by atoms with Crippen LogP contribution in [-0.2, 0) is 4.79 Å². The van der Waals surface area contributed by atoms with Crippen molar-refractivity contribution >= 4 is 28.9 Å². The first-order valence-electron chi connectivity index (χ1n) is 8.85. The Labute approximate surface area is 168 Å². The Hall–Kier alpha value is -3.00. The molecule has 0 unspecified atom stereocenters. The van der Waals surface area contributed by atoms with E-state index < -0.39 is 11.6 Å². The lowest BCUT2D eigenvalue weighted by Crippen LogP contribution is -2.70. The summed E-state index contributed by atoms with van der Waals surface area (Å²) in [5, 5.41) is 9.72. The van der Waals surface area contributed by atoms with Gasteiger partial charge in [-0.1, -0.05) is 24.3 Å². The van der Waals surface area contributed by atoms with Crippen molar-refractivity contribution in [1.82, 2.24) is 10.6 Å². The van der Waals surface area contributed by atoms with Gasteiger partial charge >= 0.3 is 0 Å². The minimum absolute atomic E-state index is 0.215. The van der Waals surface area contributed by atoms with Crippen LogP contribution in [0.4, 0.5) is 5.69 Å². The molecule has 2 aliphatic heterocycles. The van der Waals surface area contributed by atoms with Gasteiger partial charge in [0.2, 0.25) is 5.91 Å². The van der Waals surface area contributed by atoms with E-state index in [1.165, 1.54) is 0 Å². The maximum absolute atomic E-state index is 13.3. The highest BCUT2D eigenvalue weighted by atomic mass is 32.1. The van der Waals surface area contributed by atoms with Crippen LogP contribution in [0.25, 0.3) is 0 Å². The van der Waals surface area contributed by atoms with E-state index in [-0.39, 0.29) is 11.9 Å². The van der Waals surface area contributed by atoms with Gasteiger partial charge in [-0.3, -0.25) is 4.79 Å². The van der Waals surface area contributed by atoms with Crippen LogP contribution in [0.15, 0.2) is 42.5 Å². The van der Waals surface area contributed by atoms with E-state index in [1.807, 2.05) is 37.3 Å². The molecule has 0 radical (unpaired) electrons. The number of benzene rings is 2. The summed E-state index contributed by atoms with van der Waals surface area (Å²) in [6.07, 6.45) is 0. The van der Waals surface area contributed by atoms with E-state index in [1.54, 1.807) is 26.4 Å². The molecule has 28 heavy (non-hydrogen) atoms. The molecule has 2 aromatic rings. The summed E-state index contributed by atoms with van der Waals surface area (Å²) >= 11 is 5.35. The van der Waals surface area contributed by atoms with Crippen molar-refractivity contribution in [1.29, 1.82) is 0 Å². The number of carbonyl (C=O) groups excluding carboxylic acids is 1. The topological polar surface area (TPSA) is 80.9 Å². The second-order valence-electron chi connectivity index (χ2n) is 6.83. The first-order valence-corrected chi connectivity index (χ1v) is 9.26. The Kier molecular flexibility index (Phi) is 4.50. The summed E-state index contributed by atoms with van der Waals surface area (Å²) in [6.45, 7) is 1.81. The number of carbonyl (C=O) groups is 1. The molecule has 146 valence electrons. The molecule has 0 aliphatic carbocycles. The number of fused-ring (bicyclic) bond motifs is 4. The van der Waals surface area contributed by atoms with Gasteiger partial charge in [0.15, 0.2) is 22.3 Å². The van der Waals surface area contributed by atoms with Crippen molar-refractivity contribution < 1.29 is 19.0 Å². The fourth-order valence-electron chi connectivity index (χ4n) is 3.85. The normalized spacial score (nSPS) is 24.8. The molecule has 2 heterocycles. The number of thiocarbonyl (C=S) groups is 1. The van der Waals surface area contributed by atoms with Gasteiger partial charge in [-0.15, -0.1) is 0 Å². The molecule has 3 atom stereocenters. The van der Waals surface area contributed by atoms with Crippen LogP contribution in [0.5, 0.6) is 17.2 Å². The summed E-state index contributed by atoms with van der Waals surface area (Å²) in [5.41, 5.74) is 0.373. The van der Waals surface area contributed by atoms with Crippen LogP contribution >= 0.6 is 12.2 Å². The third kappa shape index (κ3) is 2.90. The Morgan fingerprint density at radius 1 is 1.14 bits per heavy atom. The predicted octanol–water partition coefficient (Wildman–Crippen LogP) is 2.59. The standard InChI is InChI=1S/C20H21N3O4S/c1-20-15(18(24)21-12-8-4-5-9-13(12)25-2)16(22-19(28)23-20)11-7-6-10-14(26-3)17(11)27-20/h4-10,15-16H,1-3H3,(H,21,24)(H2,22,23,28)/t15-,16+,20+/m0/s1. The highest BCUT2D eigenvalue weighted by Gasteiger charge is 2.55. The van der Waals surface area contributed by atoms with Crippen molar-refractivity contribution in [3.8, 4) is 17.2 Å². The van der Waals surface area contributed by atoms with Crippen LogP contribution in [0, 0.1) is 5.92 Å². The van der Waals surface area contributed by atoms with Gasteiger partial charge < -0.3 is 30.2 Å². The molecule has 1 saturated heterocycles. The maximum Gasteiger partial charge on any atom is 0.236 e. The minimum atomic E-state index is -1.04. The van der Waals surface area contributed by atoms with E-state index in [0.717, 1.165) is 5.56 Å². The Morgan fingerprint density at radius 3 is 2.61 bits per heavy atom. The van der Waals surface area contributed by atoms with Gasteiger partial charge in [0.25, 0.3) is 0 Å². The molecule has 0 saturated carbocycles. The molecule has 2 bridgehead atoms. The molecular formula is C20H21N3O4S. The van der Waals surface area contributed by atoms with E-state index in [9.17, 15) is 4.79 Å². The number of hydrogen-bond donors (Lipinski definition) is 3. The van der Waals surface area contributed by atoms with Gasteiger partial charge in [0, 0.05) is 5.56 Å². The van der Waals surface area contributed by atoms with Gasteiger partial charge in [0.1, 0.15) is 11.7 Å². The first-order chi connectivity index (χ1) is 13.5. The van der Waals surface area contributed by atoms with Crippen molar-refractivity contribution in [3.63, 3.8) is 0 Å². The lowest BCUT2D eigenvalue weighted by Gasteiger charge is -2.50. The number of anilines is 1. The van der Waals surface area contributed by atoms with E-state index in [2.05, 4.69) is 16.0 Å². The van der Waals surface area contributed by atoms with Crippen molar-refractivity contribution in [2.45, 2.75) is 18.7 Å². The fourth-order valence-corrected chi connectivity index (χ4v) is 4.18. The summed E-state index contributed by atoms with van der Waals surface area (Å²) in [5.74, 6) is 0.980. The zero-order valence-corrected chi connectivity index (χ0v) is 16.6. The highest BCUT2D eigenvalue weighted by molar-refractivity contribution is 7.80. The zero-order valence-electron chi connectivity index (χ0n) is 15.7. The fraction of sp³-hybridized carbons (Fsp3) is 0.300. The first kappa shape index (κ1) is 18.4. The molecule has 8 heteroatoms. The quantitative estimate of drug-likeness (QED) is 0.682. The van der Waals surface area contributed by atoms with E-state index in [0.29, 0.717) is 28.0 Å². The van der Waals surface area contributed by atoms with Gasteiger partial charge in [-0.05, 0) is 37.3 Å². The zero-order chi connectivity index (χ0) is 19.9. The summed E-state index contributed by atoms with van der Waals surface area (Å²) < 4.78 is 17.0. The SMILES string of the molecule is COc1ccccc1NC(=O)[C@@H]1[C@@H]2NC(=S)N[C@]1(C)Oc1c(OC)cccc12. The van der Waals surface area contributed by atoms with Crippen LogP contribution in [0.2, 0.25) is 0 Å². The van der Waals surface area contributed by atoms with Crippen LogP contribution in [0.3, 0.4) is 0 Å². The Bertz CT molecular complexity index is 951. The average Bonchev–Trinajstić information content (AvgIpc) is 2.66. The Morgan fingerprint density at radius 2 is 1.86 bits per heavy atom. The van der Waals surface area contributed by atoms with Gasteiger partial charge in [-0.2, -0.15) is 0 Å². The maximum atomic E-state index is 13.3. The molecule has 2 aromatic carbocycles. The number of nitrogens with one attached hydrogen (secondary N) is 3. The summed E-state index contributed by atoms with van der Waals surface area (Å²) in [6, 6.07) is 12.5. The summed E-state index contributed by atoms with van der Waals surface area (Å²) in [4.78, 5) is 13.3. The smallest absolute Gasteiger partial charge is 0.236 e. The number of hydrogen-bond acceptors (Lipinski definition) is 5. The lowest BCUT2D eigenvalue weighted by atomic mass is 9.79. The number of ether oxygens (including phenoxy) is 3. The number of rotatable bonds is 4. The third-order valence-corrected chi connectivity index (χ3v) is 5.32. The Balaban J connectivity index is 1.74. The lowest BCUT2D eigenvalue weighted by molar-refractivity contribution is -0.132. The second kappa shape index (κ2) is 6.87. The average molecular weight is 399 g/mol. The highest BCUT2D eigenvalue weighted by Crippen LogP contribution is 2.49. The molecular weight excluding hydrogens is 378 g/mol. The summed E-state index contributed by atoms with van der Waals surface area (Å²) in [7, 11) is 3.15. The number of para-hydroxylation sites is 3. The van der Waals surface area contributed by atoms with E-state index in [4.69, 9.17) is 26.4 Å². The molecule has 7 nitrogen and oxygen atoms in total. The predicted molar refractivity (Wildman–Crippen MR) is 109 cm³/mol. The molecule has 1 fully saturated rings. The van der Waals surface area contributed by atoms with Crippen molar-refractivity contribution in [3.05, 3.63) is 48.0 Å². The van der Waals surface area contributed by atoms with Gasteiger partial charge in [0.05, 0.1) is 25.9 Å². The van der Waals surface area contributed by atoms with Crippen LogP contribution in [-0.4, -0.2) is 31.0 Å². The molecule has 4 rings (SSSR count). The molecule has 2 aliphatic rings. The van der Waals surface area contributed by atoms with Gasteiger partial charge in [-0.25, -0.2) is 0 Å². The third-order valence-electron chi connectivity index (χ3n) is 5.10. The molecule has 1 amide bonds. The van der Waals surface area contributed by atoms with Crippen LogP contribution < -0.4 is 30.2 Å².